The molecule has 23 heavy (non-hydrogen) atoms. The lowest BCUT2D eigenvalue weighted by Crippen LogP contribution is -2.27. The van der Waals surface area contributed by atoms with E-state index in [0.717, 1.165) is 38.5 Å². The molecule has 1 aromatic carbocycles. The van der Waals surface area contributed by atoms with Crippen molar-refractivity contribution in [3.8, 4) is 5.75 Å². The van der Waals surface area contributed by atoms with E-state index in [1.165, 1.54) is 36.8 Å². The predicted molar refractivity (Wildman–Crippen MR) is 96.5 cm³/mol. The van der Waals surface area contributed by atoms with E-state index in [2.05, 4.69) is 44.3 Å². The fraction of sp³-hybridized carbons (Fsp3) is 0.700. The van der Waals surface area contributed by atoms with Gasteiger partial charge in [-0.3, -0.25) is 0 Å². The predicted octanol–water partition coefficient (Wildman–Crippen LogP) is 4.44. The summed E-state index contributed by atoms with van der Waals surface area (Å²) < 4.78 is 11.6. The highest BCUT2D eigenvalue weighted by Gasteiger charge is 2.14. The molecule has 1 aliphatic rings. The van der Waals surface area contributed by atoms with Gasteiger partial charge in [-0.05, 0) is 68.7 Å². The van der Waals surface area contributed by atoms with Crippen molar-refractivity contribution in [1.82, 2.24) is 5.32 Å². The summed E-state index contributed by atoms with van der Waals surface area (Å²) in [7, 11) is 0. The number of unbranched alkanes of at least 4 members (excludes halogenated alkanes) is 2. The topological polar surface area (TPSA) is 30.5 Å². The van der Waals surface area contributed by atoms with Gasteiger partial charge >= 0.3 is 0 Å². The summed E-state index contributed by atoms with van der Waals surface area (Å²) in [6.07, 6.45) is 6.43. The Bertz CT molecular complexity index is 453. The Balaban J connectivity index is 1.55. The van der Waals surface area contributed by atoms with Gasteiger partial charge < -0.3 is 14.8 Å². The highest BCUT2D eigenvalue weighted by molar-refractivity contribution is 5.39. The molecule has 1 aliphatic heterocycles. The molecule has 0 aromatic heterocycles. The first-order valence-electron chi connectivity index (χ1n) is 9.22. The second-order valence-electron chi connectivity index (χ2n) is 6.94. The molecule has 3 nitrogen and oxygen atoms in total. The first-order chi connectivity index (χ1) is 11.2. The Kier molecular flexibility index (Phi) is 7.90. The normalized spacial score (nSPS) is 17.8. The summed E-state index contributed by atoms with van der Waals surface area (Å²) in [5.41, 5.74) is 2.58. The molecule has 0 amide bonds. The molecular formula is C20H33NO2. The third-order valence-electron chi connectivity index (χ3n) is 4.44. The molecular weight excluding hydrogens is 286 g/mol. The van der Waals surface area contributed by atoms with Crippen LogP contribution in [0.5, 0.6) is 5.75 Å². The molecule has 1 fully saturated rings. The average Bonchev–Trinajstić information content (AvgIpc) is 3.03. The van der Waals surface area contributed by atoms with E-state index in [1.807, 2.05) is 0 Å². The van der Waals surface area contributed by atoms with E-state index in [4.69, 9.17) is 9.47 Å². The van der Waals surface area contributed by atoms with Crippen molar-refractivity contribution >= 4 is 0 Å². The molecule has 0 bridgehead atoms. The van der Waals surface area contributed by atoms with Gasteiger partial charge in [0.2, 0.25) is 0 Å². The maximum Gasteiger partial charge on any atom is 0.122 e. The van der Waals surface area contributed by atoms with Crippen molar-refractivity contribution in [2.24, 2.45) is 0 Å². The summed E-state index contributed by atoms with van der Waals surface area (Å²) in [5.74, 6) is 1.57. The summed E-state index contributed by atoms with van der Waals surface area (Å²) >= 11 is 0. The van der Waals surface area contributed by atoms with Crippen LogP contribution in [0.3, 0.4) is 0 Å². The van der Waals surface area contributed by atoms with Crippen molar-refractivity contribution in [3.63, 3.8) is 0 Å². The molecule has 1 saturated heterocycles. The van der Waals surface area contributed by atoms with Gasteiger partial charge in [-0.15, -0.1) is 0 Å². The fourth-order valence-electron chi connectivity index (χ4n) is 3.02. The van der Waals surface area contributed by atoms with E-state index in [-0.39, 0.29) is 0 Å². The Labute approximate surface area is 141 Å². The Morgan fingerprint density at radius 2 is 2.13 bits per heavy atom. The van der Waals surface area contributed by atoms with E-state index in [0.29, 0.717) is 12.0 Å². The maximum absolute atomic E-state index is 6.03. The van der Waals surface area contributed by atoms with Crippen LogP contribution < -0.4 is 10.1 Å². The zero-order valence-corrected chi connectivity index (χ0v) is 15.1. The largest absolute Gasteiger partial charge is 0.493 e. The number of hydrogen-bond acceptors (Lipinski definition) is 3. The monoisotopic (exact) mass is 319 g/mol. The van der Waals surface area contributed by atoms with Crippen molar-refractivity contribution in [1.29, 1.82) is 0 Å². The van der Waals surface area contributed by atoms with Crippen LogP contribution in [-0.4, -0.2) is 32.4 Å². The third kappa shape index (κ3) is 6.52. The molecule has 1 aromatic rings. The van der Waals surface area contributed by atoms with Crippen LogP contribution >= 0.6 is 0 Å². The Hall–Kier alpha value is -1.06. The van der Waals surface area contributed by atoms with E-state index in [9.17, 15) is 0 Å². The second-order valence-corrected chi connectivity index (χ2v) is 6.94. The first kappa shape index (κ1) is 18.3. The number of aryl methyl sites for hydroxylation is 1. The molecule has 0 radical (unpaired) electrons. The zero-order valence-electron chi connectivity index (χ0n) is 15.1. The smallest absolute Gasteiger partial charge is 0.122 e. The van der Waals surface area contributed by atoms with Gasteiger partial charge in [0.15, 0.2) is 0 Å². The Morgan fingerprint density at radius 3 is 2.87 bits per heavy atom. The van der Waals surface area contributed by atoms with Crippen LogP contribution in [0.25, 0.3) is 0 Å². The number of rotatable bonds is 10. The summed E-state index contributed by atoms with van der Waals surface area (Å²) in [5, 5.41) is 3.50. The lowest BCUT2D eigenvalue weighted by molar-refractivity contribution is 0.110. The summed E-state index contributed by atoms with van der Waals surface area (Å²) in [6, 6.07) is 6.53. The van der Waals surface area contributed by atoms with Crippen LogP contribution in [-0.2, 0) is 4.74 Å². The Morgan fingerprint density at radius 1 is 1.26 bits per heavy atom. The van der Waals surface area contributed by atoms with Crippen molar-refractivity contribution < 1.29 is 9.47 Å². The lowest BCUT2D eigenvalue weighted by atomic mass is 10.0. The standard InChI is InChI=1S/C20H33NO2/c1-16(2)19-10-9-17(3)14-20(19)23-12-6-4-5-11-21-15-18-8-7-13-22-18/h9-10,14,16,18,21H,4-8,11-13,15H2,1-3H3. The number of nitrogens with one attached hydrogen (secondary N) is 1. The molecule has 3 heteroatoms. The third-order valence-corrected chi connectivity index (χ3v) is 4.44. The molecule has 0 spiro atoms. The van der Waals surface area contributed by atoms with Gasteiger partial charge in [0.25, 0.3) is 0 Å². The van der Waals surface area contributed by atoms with Gasteiger partial charge in [0, 0.05) is 13.2 Å². The molecule has 2 rings (SSSR count). The molecule has 0 saturated carbocycles. The highest BCUT2D eigenvalue weighted by Crippen LogP contribution is 2.27. The molecule has 1 unspecified atom stereocenters. The van der Waals surface area contributed by atoms with Crippen LogP contribution in [0.1, 0.15) is 63.0 Å². The molecule has 0 aliphatic carbocycles. The average molecular weight is 319 g/mol. The fourth-order valence-corrected chi connectivity index (χ4v) is 3.02. The van der Waals surface area contributed by atoms with Gasteiger partial charge in [-0.2, -0.15) is 0 Å². The number of ether oxygens (including phenoxy) is 2. The second kappa shape index (κ2) is 9.94. The van der Waals surface area contributed by atoms with Gasteiger partial charge in [0.1, 0.15) is 5.75 Å². The summed E-state index contributed by atoms with van der Waals surface area (Å²) in [4.78, 5) is 0. The zero-order chi connectivity index (χ0) is 16.5. The van der Waals surface area contributed by atoms with Crippen LogP contribution in [0.4, 0.5) is 0 Å². The van der Waals surface area contributed by atoms with Crippen molar-refractivity contribution in [3.05, 3.63) is 29.3 Å². The number of hydrogen-bond donors (Lipinski definition) is 1. The van der Waals surface area contributed by atoms with Gasteiger partial charge in [-0.25, -0.2) is 0 Å². The maximum atomic E-state index is 6.03. The van der Waals surface area contributed by atoms with E-state index < -0.39 is 0 Å². The van der Waals surface area contributed by atoms with Crippen molar-refractivity contribution in [2.75, 3.05) is 26.3 Å². The van der Waals surface area contributed by atoms with Crippen LogP contribution in [0, 0.1) is 6.92 Å². The quantitative estimate of drug-likeness (QED) is 0.647. The molecule has 130 valence electrons. The SMILES string of the molecule is Cc1ccc(C(C)C)c(OCCCCCNCC2CCCO2)c1. The number of benzene rings is 1. The molecule has 1 atom stereocenters. The summed E-state index contributed by atoms with van der Waals surface area (Å²) in [6.45, 7) is 10.4. The van der Waals surface area contributed by atoms with Crippen molar-refractivity contribution in [2.45, 2.75) is 64.9 Å². The highest BCUT2D eigenvalue weighted by atomic mass is 16.5. The van der Waals surface area contributed by atoms with Gasteiger partial charge in [0.05, 0.1) is 12.7 Å². The van der Waals surface area contributed by atoms with Crippen LogP contribution in [0.2, 0.25) is 0 Å². The van der Waals surface area contributed by atoms with E-state index >= 15 is 0 Å². The van der Waals surface area contributed by atoms with E-state index in [1.54, 1.807) is 0 Å². The minimum atomic E-state index is 0.453. The molecule has 1 heterocycles. The minimum Gasteiger partial charge on any atom is -0.493 e. The van der Waals surface area contributed by atoms with Gasteiger partial charge in [-0.1, -0.05) is 26.0 Å². The lowest BCUT2D eigenvalue weighted by Gasteiger charge is -2.15. The minimum absolute atomic E-state index is 0.453. The molecule has 1 N–H and O–H groups in total. The first-order valence-corrected chi connectivity index (χ1v) is 9.22. The van der Waals surface area contributed by atoms with Crippen LogP contribution in [0.15, 0.2) is 18.2 Å².